The maximum atomic E-state index is 13.1. The fourth-order valence-electron chi connectivity index (χ4n) is 4.67. The quantitative estimate of drug-likeness (QED) is 0.669. The normalized spacial score (nSPS) is 18.0. The number of fused-ring (bicyclic) bond motifs is 1. The molecule has 6 heteroatoms. The second-order valence-corrected chi connectivity index (χ2v) is 10.9. The zero-order valence-electron chi connectivity index (χ0n) is 17.7. The lowest BCUT2D eigenvalue weighted by molar-refractivity contribution is 0.212. The first kappa shape index (κ1) is 21.3. The number of sulfone groups is 1. The van der Waals surface area contributed by atoms with Crippen molar-refractivity contribution in [3.05, 3.63) is 65.0 Å². The Hall–Kier alpha value is -1.92. The Bertz CT molecular complexity index is 967. The molecule has 4 nitrogen and oxygen atoms in total. The molecule has 162 valence electrons. The number of benzene rings is 2. The highest BCUT2D eigenvalue weighted by Crippen LogP contribution is 2.34. The third kappa shape index (κ3) is 5.03. The Labute approximate surface area is 179 Å². The summed E-state index contributed by atoms with van der Waals surface area (Å²) >= 11 is 0. The van der Waals surface area contributed by atoms with E-state index in [1.165, 1.54) is 28.9 Å². The molecule has 2 aliphatic rings. The van der Waals surface area contributed by atoms with Crippen molar-refractivity contribution in [2.75, 3.05) is 36.8 Å². The Morgan fingerprint density at radius 1 is 1.00 bits per heavy atom. The first-order valence-electron chi connectivity index (χ1n) is 11.0. The van der Waals surface area contributed by atoms with E-state index in [0.29, 0.717) is 6.04 Å². The van der Waals surface area contributed by atoms with Gasteiger partial charge in [-0.25, -0.2) is 12.8 Å². The van der Waals surface area contributed by atoms with E-state index in [4.69, 9.17) is 0 Å². The van der Waals surface area contributed by atoms with E-state index in [-0.39, 0.29) is 17.3 Å². The summed E-state index contributed by atoms with van der Waals surface area (Å²) in [6.07, 6.45) is 4.24. The van der Waals surface area contributed by atoms with Crippen LogP contribution in [-0.4, -0.2) is 51.3 Å². The Kier molecular flexibility index (Phi) is 6.44. The van der Waals surface area contributed by atoms with Gasteiger partial charge < -0.3 is 9.80 Å². The monoisotopic (exact) mass is 430 g/mol. The Morgan fingerprint density at radius 2 is 1.70 bits per heavy atom. The minimum atomic E-state index is -3.02. The molecule has 1 fully saturated rings. The summed E-state index contributed by atoms with van der Waals surface area (Å²) in [6.45, 7) is 5.88. The summed E-state index contributed by atoms with van der Waals surface area (Å²) in [6, 6.07) is 13.5. The molecule has 0 aromatic heterocycles. The molecule has 0 aliphatic carbocycles. The molecule has 0 spiro atoms. The third-order valence-corrected chi connectivity index (χ3v) is 8.19. The Balaban J connectivity index is 1.34. The summed E-state index contributed by atoms with van der Waals surface area (Å²) in [7, 11) is -3.02. The van der Waals surface area contributed by atoms with Crippen LogP contribution < -0.4 is 4.90 Å². The first-order chi connectivity index (χ1) is 14.4. The van der Waals surface area contributed by atoms with Crippen molar-refractivity contribution >= 4 is 15.5 Å². The van der Waals surface area contributed by atoms with Crippen LogP contribution in [0.4, 0.5) is 10.1 Å². The number of hydrogen-bond donors (Lipinski definition) is 0. The standard InChI is InChI=1S/C24H31FN2O2S/c1-2-30(28,29)18-20-3-6-21-10-16-27(24(21)17-20)23-11-14-26(15-12-23)13-9-19-4-7-22(25)8-5-19/h3-8,17,23H,2,9-16,18H2,1H3. The van der Waals surface area contributed by atoms with E-state index in [2.05, 4.69) is 21.9 Å². The number of hydrogen-bond acceptors (Lipinski definition) is 4. The van der Waals surface area contributed by atoms with Crippen LogP contribution in [0.1, 0.15) is 36.5 Å². The van der Waals surface area contributed by atoms with Crippen molar-refractivity contribution in [2.45, 2.75) is 44.4 Å². The molecule has 0 saturated carbocycles. The largest absolute Gasteiger partial charge is 0.368 e. The summed E-state index contributed by atoms with van der Waals surface area (Å²) in [5.41, 5.74) is 4.66. The SMILES string of the molecule is CCS(=O)(=O)Cc1ccc2c(c1)N(C1CCN(CCc3ccc(F)cc3)CC1)CC2. The van der Waals surface area contributed by atoms with Gasteiger partial charge in [0.15, 0.2) is 9.84 Å². The van der Waals surface area contributed by atoms with Crippen molar-refractivity contribution in [2.24, 2.45) is 0 Å². The average molecular weight is 431 g/mol. The molecule has 0 unspecified atom stereocenters. The highest BCUT2D eigenvalue weighted by Gasteiger charge is 2.29. The minimum absolute atomic E-state index is 0.131. The fourth-order valence-corrected chi connectivity index (χ4v) is 5.56. The van der Waals surface area contributed by atoms with Gasteiger partial charge in [-0.15, -0.1) is 0 Å². The summed E-state index contributed by atoms with van der Waals surface area (Å²) in [5.74, 6) is 0.136. The fraction of sp³-hybridized carbons (Fsp3) is 0.500. The van der Waals surface area contributed by atoms with E-state index < -0.39 is 9.84 Å². The van der Waals surface area contributed by atoms with E-state index in [1.807, 2.05) is 18.2 Å². The highest BCUT2D eigenvalue weighted by atomic mass is 32.2. The zero-order valence-corrected chi connectivity index (χ0v) is 18.5. The lowest BCUT2D eigenvalue weighted by atomic mass is 10.0. The number of piperidine rings is 1. The molecular formula is C24H31FN2O2S. The van der Waals surface area contributed by atoms with Crippen molar-refractivity contribution in [1.29, 1.82) is 0 Å². The highest BCUT2D eigenvalue weighted by molar-refractivity contribution is 7.90. The summed E-state index contributed by atoms with van der Waals surface area (Å²) in [5, 5.41) is 0. The summed E-state index contributed by atoms with van der Waals surface area (Å²) < 4.78 is 37.1. The second-order valence-electron chi connectivity index (χ2n) is 8.53. The van der Waals surface area contributed by atoms with Crippen LogP contribution >= 0.6 is 0 Å². The number of rotatable bonds is 7. The van der Waals surface area contributed by atoms with Crippen LogP contribution in [0.15, 0.2) is 42.5 Å². The molecule has 30 heavy (non-hydrogen) atoms. The maximum absolute atomic E-state index is 13.1. The zero-order chi connectivity index (χ0) is 21.1. The lowest BCUT2D eigenvalue weighted by Crippen LogP contribution is -2.45. The average Bonchev–Trinajstić information content (AvgIpc) is 3.17. The molecule has 1 saturated heterocycles. The van der Waals surface area contributed by atoms with Gasteiger partial charge in [0.05, 0.1) is 5.75 Å². The van der Waals surface area contributed by atoms with Gasteiger partial charge in [0.2, 0.25) is 0 Å². The van der Waals surface area contributed by atoms with Crippen molar-refractivity contribution in [3.63, 3.8) is 0 Å². The van der Waals surface area contributed by atoms with Crippen molar-refractivity contribution in [3.8, 4) is 0 Å². The van der Waals surface area contributed by atoms with Crippen LogP contribution in [0.25, 0.3) is 0 Å². The van der Waals surface area contributed by atoms with E-state index in [0.717, 1.165) is 57.4 Å². The number of halogens is 1. The van der Waals surface area contributed by atoms with Gasteiger partial charge in [0.1, 0.15) is 5.82 Å². The van der Waals surface area contributed by atoms with Gasteiger partial charge in [-0.05, 0) is 60.6 Å². The van der Waals surface area contributed by atoms with Crippen molar-refractivity contribution < 1.29 is 12.8 Å². The molecule has 0 radical (unpaired) electrons. The van der Waals surface area contributed by atoms with Crippen LogP contribution in [0.3, 0.4) is 0 Å². The predicted molar refractivity (Wildman–Crippen MR) is 120 cm³/mol. The number of anilines is 1. The number of likely N-dealkylation sites (tertiary alicyclic amines) is 1. The summed E-state index contributed by atoms with van der Waals surface area (Å²) in [4.78, 5) is 5.01. The van der Waals surface area contributed by atoms with Crippen molar-refractivity contribution in [1.82, 2.24) is 4.90 Å². The molecule has 4 rings (SSSR count). The van der Waals surface area contributed by atoms with E-state index in [9.17, 15) is 12.8 Å². The molecule has 0 atom stereocenters. The molecule has 0 N–H and O–H groups in total. The Morgan fingerprint density at radius 3 is 2.40 bits per heavy atom. The van der Waals surface area contributed by atoms with E-state index >= 15 is 0 Å². The maximum Gasteiger partial charge on any atom is 0.154 e. The number of nitrogens with zero attached hydrogens (tertiary/aromatic N) is 2. The first-order valence-corrected chi connectivity index (χ1v) is 12.8. The molecule has 2 aromatic rings. The van der Waals surface area contributed by atoms with Gasteiger partial charge in [-0.1, -0.05) is 31.2 Å². The van der Waals surface area contributed by atoms with Gasteiger partial charge in [0.25, 0.3) is 0 Å². The smallest absolute Gasteiger partial charge is 0.154 e. The van der Waals surface area contributed by atoms with Gasteiger partial charge in [-0.3, -0.25) is 0 Å². The van der Waals surface area contributed by atoms with Gasteiger partial charge in [0, 0.05) is 43.7 Å². The van der Waals surface area contributed by atoms with E-state index in [1.54, 1.807) is 6.92 Å². The van der Waals surface area contributed by atoms with Gasteiger partial charge in [-0.2, -0.15) is 0 Å². The van der Waals surface area contributed by atoms with Crippen LogP contribution in [-0.2, 0) is 28.4 Å². The molecule has 0 amide bonds. The van der Waals surface area contributed by atoms with Crippen LogP contribution in [0.5, 0.6) is 0 Å². The van der Waals surface area contributed by atoms with Crippen LogP contribution in [0.2, 0.25) is 0 Å². The second kappa shape index (κ2) is 9.06. The van der Waals surface area contributed by atoms with Gasteiger partial charge >= 0.3 is 0 Å². The van der Waals surface area contributed by atoms with Crippen LogP contribution in [0, 0.1) is 5.82 Å². The minimum Gasteiger partial charge on any atom is -0.368 e. The molecular weight excluding hydrogens is 399 g/mol. The topological polar surface area (TPSA) is 40.6 Å². The molecule has 0 bridgehead atoms. The molecule has 2 aromatic carbocycles. The third-order valence-electron chi connectivity index (χ3n) is 6.54. The molecule has 2 heterocycles. The predicted octanol–water partition coefficient (Wildman–Crippen LogP) is 3.83. The lowest BCUT2D eigenvalue weighted by Gasteiger charge is -2.38. The molecule has 2 aliphatic heterocycles.